The molecule has 27 heavy (non-hydrogen) atoms. The van der Waals surface area contributed by atoms with Gasteiger partial charge in [-0.15, -0.1) is 0 Å². The Kier molecular flexibility index (Phi) is 5.53. The van der Waals surface area contributed by atoms with Crippen molar-refractivity contribution >= 4 is 10.0 Å². The summed E-state index contributed by atoms with van der Waals surface area (Å²) < 4.78 is 65.8. The molecule has 0 spiro atoms. The van der Waals surface area contributed by atoms with Crippen LogP contribution in [0.25, 0.3) is 0 Å². The lowest BCUT2D eigenvalue weighted by Crippen LogP contribution is -2.27. The zero-order valence-corrected chi connectivity index (χ0v) is 15.6. The molecule has 0 aliphatic heterocycles. The Labute approximate surface area is 156 Å². The molecule has 0 fully saturated rings. The van der Waals surface area contributed by atoms with E-state index in [0.29, 0.717) is 0 Å². The third kappa shape index (κ3) is 4.84. The van der Waals surface area contributed by atoms with E-state index < -0.39 is 21.9 Å². The standard InChI is InChI=1S/C18H20F3N3O2S/c1-12-10-16(18(19,20)21)24-17(23-12)8-9-22-27(25,26)15-7-6-13-4-2-3-5-14(13)11-15/h6-7,10-11,22H,2-5,8-9H2,1H3. The first-order valence-corrected chi connectivity index (χ1v) is 10.2. The van der Waals surface area contributed by atoms with Crippen molar-refractivity contribution < 1.29 is 21.6 Å². The molecule has 0 bridgehead atoms. The van der Waals surface area contributed by atoms with Crippen molar-refractivity contribution in [2.75, 3.05) is 6.54 Å². The van der Waals surface area contributed by atoms with E-state index in [2.05, 4.69) is 14.7 Å². The summed E-state index contributed by atoms with van der Waals surface area (Å²) in [6, 6.07) is 5.95. The quantitative estimate of drug-likeness (QED) is 0.838. The molecule has 1 aliphatic carbocycles. The molecule has 0 atom stereocenters. The highest BCUT2D eigenvalue weighted by Crippen LogP contribution is 2.28. The maximum absolute atomic E-state index is 12.8. The number of nitrogens with one attached hydrogen (secondary N) is 1. The fourth-order valence-electron chi connectivity index (χ4n) is 3.14. The van der Waals surface area contributed by atoms with Gasteiger partial charge >= 0.3 is 6.18 Å². The van der Waals surface area contributed by atoms with Crippen LogP contribution in [0.4, 0.5) is 13.2 Å². The van der Waals surface area contributed by atoms with Gasteiger partial charge in [-0.3, -0.25) is 0 Å². The Morgan fingerprint density at radius 2 is 1.78 bits per heavy atom. The largest absolute Gasteiger partial charge is 0.433 e. The highest BCUT2D eigenvalue weighted by Gasteiger charge is 2.33. The third-order valence-corrected chi connectivity index (χ3v) is 5.92. The predicted molar refractivity (Wildman–Crippen MR) is 93.7 cm³/mol. The average Bonchev–Trinajstić information content (AvgIpc) is 2.60. The minimum atomic E-state index is -4.56. The van der Waals surface area contributed by atoms with E-state index in [1.807, 2.05) is 6.07 Å². The molecule has 5 nitrogen and oxygen atoms in total. The summed E-state index contributed by atoms with van der Waals surface area (Å²) in [6.07, 6.45) is -0.644. The summed E-state index contributed by atoms with van der Waals surface area (Å²) in [5, 5.41) is 0. The number of rotatable bonds is 5. The Bertz CT molecular complexity index is 943. The number of benzene rings is 1. The van der Waals surface area contributed by atoms with Crippen LogP contribution < -0.4 is 4.72 Å². The van der Waals surface area contributed by atoms with Gasteiger partial charge in [0, 0.05) is 18.7 Å². The lowest BCUT2D eigenvalue weighted by atomic mass is 9.92. The molecule has 0 unspecified atom stereocenters. The van der Waals surface area contributed by atoms with Crippen molar-refractivity contribution in [2.45, 2.75) is 50.1 Å². The highest BCUT2D eigenvalue weighted by molar-refractivity contribution is 7.89. The van der Waals surface area contributed by atoms with Gasteiger partial charge in [-0.1, -0.05) is 6.07 Å². The fourth-order valence-corrected chi connectivity index (χ4v) is 4.23. The molecular weight excluding hydrogens is 379 g/mol. The van der Waals surface area contributed by atoms with Crippen LogP contribution in [0.1, 0.15) is 41.2 Å². The second kappa shape index (κ2) is 7.55. The molecular formula is C18H20F3N3O2S. The molecule has 1 heterocycles. The van der Waals surface area contributed by atoms with Crippen molar-refractivity contribution in [3.63, 3.8) is 0 Å². The van der Waals surface area contributed by atoms with E-state index in [-0.39, 0.29) is 29.4 Å². The van der Waals surface area contributed by atoms with Gasteiger partial charge in [-0.2, -0.15) is 13.2 Å². The number of aromatic nitrogens is 2. The zero-order valence-electron chi connectivity index (χ0n) is 14.8. The number of hydrogen-bond donors (Lipinski definition) is 1. The summed E-state index contributed by atoms with van der Waals surface area (Å²) >= 11 is 0. The SMILES string of the molecule is Cc1cc(C(F)(F)F)nc(CCNS(=O)(=O)c2ccc3c(c2)CCCC3)n1. The molecule has 3 rings (SSSR count). The van der Waals surface area contributed by atoms with Crippen molar-refractivity contribution in [1.82, 2.24) is 14.7 Å². The zero-order chi connectivity index (χ0) is 19.7. The van der Waals surface area contributed by atoms with Crippen LogP contribution >= 0.6 is 0 Å². The molecule has 2 aromatic rings. The Hall–Kier alpha value is -2.00. The molecule has 146 valence electrons. The third-order valence-electron chi connectivity index (χ3n) is 4.46. The van der Waals surface area contributed by atoms with Crippen LogP contribution in [0.2, 0.25) is 0 Å². The van der Waals surface area contributed by atoms with Crippen LogP contribution in [0.15, 0.2) is 29.2 Å². The second-order valence-electron chi connectivity index (χ2n) is 6.59. The van der Waals surface area contributed by atoms with E-state index in [4.69, 9.17) is 0 Å². The lowest BCUT2D eigenvalue weighted by Gasteiger charge is -2.16. The molecule has 1 aliphatic rings. The van der Waals surface area contributed by atoms with Crippen molar-refractivity contribution in [1.29, 1.82) is 0 Å². The maximum Gasteiger partial charge on any atom is 0.433 e. The van der Waals surface area contributed by atoms with Crippen LogP contribution in [0.5, 0.6) is 0 Å². The van der Waals surface area contributed by atoms with Gasteiger partial charge in [0.2, 0.25) is 10.0 Å². The first-order chi connectivity index (χ1) is 12.6. The van der Waals surface area contributed by atoms with Crippen LogP contribution in [0.3, 0.4) is 0 Å². The van der Waals surface area contributed by atoms with E-state index in [1.54, 1.807) is 12.1 Å². The Morgan fingerprint density at radius 3 is 2.48 bits per heavy atom. The topological polar surface area (TPSA) is 72.0 Å². The Balaban J connectivity index is 1.69. The molecule has 1 aromatic heterocycles. The van der Waals surface area contributed by atoms with Gasteiger partial charge in [0.05, 0.1) is 4.90 Å². The first-order valence-electron chi connectivity index (χ1n) is 8.68. The number of aryl methyl sites for hydroxylation is 3. The molecule has 0 saturated heterocycles. The monoisotopic (exact) mass is 399 g/mol. The lowest BCUT2D eigenvalue weighted by molar-refractivity contribution is -0.141. The van der Waals surface area contributed by atoms with Gasteiger partial charge < -0.3 is 0 Å². The van der Waals surface area contributed by atoms with Gasteiger partial charge in [0.25, 0.3) is 0 Å². The van der Waals surface area contributed by atoms with Crippen LogP contribution in [-0.2, 0) is 35.5 Å². The minimum Gasteiger partial charge on any atom is -0.238 e. The second-order valence-corrected chi connectivity index (χ2v) is 8.36. The van der Waals surface area contributed by atoms with E-state index in [1.165, 1.54) is 12.5 Å². The summed E-state index contributed by atoms with van der Waals surface area (Å²) in [5.74, 6) is -0.0459. The van der Waals surface area contributed by atoms with Crippen LogP contribution in [0, 0.1) is 6.92 Å². The number of nitrogens with zero attached hydrogens (tertiary/aromatic N) is 2. The molecule has 1 aromatic carbocycles. The van der Waals surface area contributed by atoms with E-state index in [9.17, 15) is 21.6 Å². The van der Waals surface area contributed by atoms with Gasteiger partial charge in [0.15, 0.2) is 0 Å². The van der Waals surface area contributed by atoms with Gasteiger partial charge in [0.1, 0.15) is 11.5 Å². The van der Waals surface area contributed by atoms with Crippen molar-refractivity contribution in [2.24, 2.45) is 0 Å². The van der Waals surface area contributed by atoms with Gasteiger partial charge in [-0.05, 0) is 61.9 Å². The predicted octanol–water partition coefficient (Wildman–Crippen LogP) is 3.20. The van der Waals surface area contributed by atoms with E-state index >= 15 is 0 Å². The molecule has 0 radical (unpaired) electrons. The summed E-state index contributed by atoms with van der Waals surface area (Å²) in [4.78, 5) is 7.61. The normalized spacial score (nSPS) is 14.8. The molecule has 1 N–H and O–H groups in total. The number of fused-ring (bicyclic) bond motifs is 1. The summed E-state index contributed by atoms with van der Waals surface area (Å²) in [5.41, 5.74) is 1.38. The van der Waals surface area contributed by atoms with Crippen molar-refractivity contribution in [3.8, 4) is 0 Å². The number of halogens is 3. The molecule has 0 saturated carbocycles. The average molecular weight is 399 g/mol. The molecule has 9 heteroatoms. The fraction of sp³-hybridized carbons (Fsp3) is 0.444. The number of alkyl halides is 3. The minimum absolute atomic E-state index is 0.0328. The van der Waals surface area contributed by atoms with Crippen LogP contribution in [-0.4, -0.2) is 24.9 Å². The smallest absolute Gasteiger partial charge is 0.238 e. The Morgan fingerprint density at radius 1 is 1.07 bits per heavy atom. The number of sulfonamides is 1. The maximum atomic E-state index is 12.8. The number of hydrogen-bond acceptors (Lipinski definition) is 4. The summed E-state index contributed by atoms with van der Waals surface area (Å²) in [7, 11) is -3.74. The molecule has 0 amide bonds. The highest BCUT2D eigenvalue weighted by atomic mass is 32.2. The first kappa shape index (κ1) is 19.8. The summed E-state index contributed by atoms with van der Waals surface area (Å²) in [6.45, 7) is 1.36. The van der Waals surface area contributed by atoms with Gasteiger partial charge in [-0.25, -0.2) is 23.1 Å². The van der Waals surface area contributed by atoms with E-state index in [0.717, 1.165) is 37.3 Å². The van der Waals surface area contributed by atoms with Crippen molar-refractivity contribution in [3.05, 3.63) is 52.6 Å².